The smallest absolute Gasteiger partial charge is 0.262 e. The van der Waals surface area contributed by atoms with Gasteiger partial charge in [-0.2, -0.15) is 0 Å². The molecule has 0 unspecified atom stereocenters. The second kappa shape index (κ2) is 9.71. The molecule has 1 aliphatic heterocycles. The number of nitrogens with zero attached hydrogens (tertiary/aromatic N) is 3. The molecule has 1 saturated heterocycles. The zero-order valence-corrected chi connectivity index (χ0v) is 18.9. The van der Waals surface area contributed by atoms with Gasteiger partial charge < -0.3 is 9.64 Å². The molecule has 6 nitrogen and oxygen atoms in total. The summed E-state index contributed by atoms with van der Waals surface area (Å²) in [6.45, 7) is 4.90. The molecule has 1 saturated carbocycles. The molecule has 1 aromatic carbocycles. The summed E-state index contributed by atoms with van der Waals surface area (Å²) in [5, 5.41) is 1.63. The molecule has 0 bridgehead atoms. The molecule has 1 aromatic heterocycles. The van der Waals surface area contributed by atoms with Crippen LogP contribution >= 0.6 is 23.4 Å². The predicted octanol–water partition coefficient (Wildman–Crippen LogP) is 3.97. The highest BCUT2D eigenvalue weighted by Gasteiger charge is 2.27. The number of hydrogen-bond donors (Lipinski definition) is 0. The summed E-state index contributed by atoms with van der Waals surface area (Å²) in [5.74, 6) is 1.04. The quantitative estimate of drug-likeness (QED) is 0.428. The minimum absolute atomic E-state index is 0.00996. The third-order valence-corrected chi connectivity index (χ3v) is 6.84. The minimum atomic E-state index is -0.106. The van der Waals surface area contributed by atoms with Crippen LogP contribution in [0.1, 0.15) is 39.0 Å². The number of carbonyl (C=O) groups is 1. The Labute approximate surface area is 185 Å². The van der Waals surface area contributed by atoms with Crippen LogP contribution in [0.3, 0.4) is 0 Å². The fourth-order valence-electron chi connectivity index (χ4n) is 3.85. The van der Waals surface area contributed by atoms with Crippen molar-refractivity contribution in [1.82, 2.24) is 14.5 Å². The lowest BCUT2D eigenvalue weighted by Gasteiger charge is -2.22. The van der Waals surface area contributed by atoms with Crippen LogP contribution in [-0.2, 0) is 16.1 Å². The van der Waals surface area contributed by atoms with Crippen LogP contribution in [0.5, 0.6) is 0 Å². The fourth-order valence-corrected chi connectivity index (χ4v) is 4.93. The van der Waals surface area contributed by atoms with Gasteiger partial charge in [0, 0.05) is 24.7 Å². The lowest BCUT2D eigenvalue weighted by Crippen LogP contribution is -2.35. The monoisotopic (exact) mass is 449 g/mol. The van der Waals surface area contributed by atoms with Crippen molar-refractivity contribution in [3.05, 3.63) is 33.6 Å². The van der Waals surface area contributed by atoms with E-state index >= 15 is 0 Å². The van der Waals surface area contributed by atoms with Gasteiger partial charge in [-0.3, -0.25) is 14.2 Å². The van der Waals surface area contributed by atoms with Gasteiger partial charge in [0.25, 0.3) is 5.56 Å². The average molecular weight is 450 g/mol. The molecule has 8 heteroatoms. The maximum Gasteiger partial charge on any atom is 0.262 e. The number of halogens is 1. The van der Waals surface area contributed by atoms with Gasteiger partial charge in [-0.15, -0.1) is 0 Å². The number of amides is 1. The summed E-state index contributed by atoms with van der Waals surface area (Å²) >= 11 is 7.46. The van der Waals surface area contributed by atoms with Crippen LogP contribution in [0, 0.1) is 5.92 Å². The summed E-state index contributed by atoms with van der Waals surface area (Å²) in [4.78, 5) is 32.7. The Morgan fingerprint density at radius 2 is 2.20 bits per heavy atom. The van der Waals surface area contributed by atoms with Crippen molar-refractivity contribution in [3.63, 3.8) is 0 Å². The molecule has 1 amide bonds. The van der Waals surface area contributed by atoms with Crippen LogP contribution < -0.4 is 5.56 Å². The Hall–Kier alpha value is -1.57. The number of ether oxygens (including phenoxy) is 1. The van der Waals surface area contributed by atoms with Crippen LogP contribution in [-0.4, -0.2) is 51.9 Å². The zero-order valence-electron chi connectivity index (χ0n) is 17.3. The number of fused-ring (bicyclic) bond motifs is 1. The van der Waals surface area contributed by atoms with E-state index in [1.54, 1.807) is 22.8 Å². The third-order valence-electron chi connectivity index (χ3n) is 5.64. The molecule has 4 rings (SSSR count). The molecule has 2 heterocycles. The Balaban J connectivity index is 1.58. The maximum absolute atomic E-state index is 13.2. The van der Waals surface area contributed by atoms with E-state index in [9.17, 15) is 9.59 Å². The van der Waals surface area contributed by atoms with Crippen LogP contribution in [0.25, 0.3) is 10.9 Å². The van der Waals surface area contributed by atoms with E-state index in [1.807, 2.05) is 4.90 Å². The summed E-state index contributed by atoms with van der Waals surface area (Å²) in [5.41, 5.74) is 0.458. The Morgan fingerprint density at radius 1 is 1.37 bits per heavy atom. The molecular weight excluding hydrogens is 422 g/mol. The third kappa shape index (κ3) is 5.18. The van der Waals surface area contributed by atoms with Gasteiger partial charge in [0.2, 0.25) is 5.91 Å². The highest BCUT2D eigenvalue weighted by atomic mass is 35.5. The first-order valence-corrected chi connectivity index (χ1v) is 12.1. The van der Waals surface area contributed by atoms with Gasteiger partial charge in [0.1, 0.15) is 0 Å². The van der Waals surface area contributed by atoms with Gasteiger partial charge in [-0.1, -0.05) is 30.3 Å². The predicted molar refractivity (Wildman–Crippen MR) is 120 cm³/mol. The van der Waals surface area contributed by atoms with E-state index in [0.717, 1.165) is 39.0 Å². The van der Waals surface area contributed by atoms with E-state index in [-0.39, 0.29) is 23.3 Å². The number of thioether (sulfide) groups is 1. The van der Waals surface area contributed by atoms with Crippen LogP contribution in [0.15, 0.2) is 28.2 Å². The Morgan fingerprint density at radius 3 is 2.90 bits per heavy atom. The SMILES string of the molecule is CCCN(CC1CC1)C(=O)CSc1nc2cc(Cl)ccc2c(=O)n1C[C@@H]1CCCO1. The highest BCUT2D eigenvalue weighted by molar-refractivity contribution is 7.99. The molecule has 30 heavy (non-hydrogen) atoms. The van der Waals surface area contributed by atoms with Crippen molar-refractivity contribution in [2.45, 2.75) is 56.8 Å². The van der Waals surface area contributed by atoms with Gasteiger partial charge >= 0.3 is 0 Å². The van der Waals surface area contributed by atoms with Crippen molar-refractivity contribution < 1.29 is 9.53 Å². The standard InChI is InChI=1S/C22H28ClN3O3S/c1-2-9-25(12-15-5-6-15)20(27)14-30-22-24-19-11-16(23)7-8-18(19)21(28)26(22)13-17-4-3-10-29-17/h7-8,11,15,17H,2-6,9-10,12-14H2,1H3/t17-/m0/s1. The molecule has 2 aromatic rings. The molecule has 0 N–H and O–H groups in total. The molecule has 2 fully saturated rings. The normalized spacial score (nSPS) is 18.8. The second-order valence-corrected chi connectivity index (χ2v) is 9.56. The van der Waals surface area contributed by atoms with Gasteiger partial charge in [0.05, 0.1) is 29.3 Å². The average Bonchev–Trinajstić information content (AvgIpc) is 3.40. The van der Waals surface area contributed by atoms with Gasteiger partial charge in [-0.25, -0.2) is 4.98 Å². The van der Waals surface area contributed by atoms with Crippen LogP contribution in [0.4, 0.5) is 0 Å². The first-order chi connectivity index (χ1) is 14.5. The summed E-state index contributed by atoms with van der Waals surface area (Å²) in [7, 11) is 0. The first-order valence-electron chi connectivity index (χ1n) is 10.8. The molecule has 162 valence electrons. The minimum Gasteiger partial charge on any atom is -0.376 e. The van der Waals surface area contributed by atoms with E-state index in [2.05, 4.69) is 6.92 Å². The number of rotatable bonds is 9. The molecule has 2 aliphatic rings. The molecule has 1 atom stereocenters. The topological polar surface area (TPSA) is 64.4 Å². The molecule has 0 radical (unpaired) electrons. The Kier molecular flexibility index (Phi) is 7.01. The fraction of sp³-hybridized carbons (Fsp3) is 0.591. The van der Waals surface area contributed by atoms with E-state index < -0.39 is 0 Å². The van der Waals surface area contributed by atoms with Crippen LogP contribution in [0.2, 0.25) is 5.02 Å². The van der Waals surface area contributed by atoms with Gasteiger partial charge in [-0.05, 0) is 56.2 Å². The number of benzene rings is 1. The molecule has 0 spiro atoms. The molecule has 1 aliphatic carbocycles. The summed E-state index contributed by atoms with van der Waals surface area (Å²) < 4.78 is 7.43. The van der Waals surface area contributed by atoms with Crippen molar-refractivity contribution in [2.75, 3.05) is 25.4 Å². The first kappa shape index (κ1) is 21.7. The summed E-state index contributed by atoms with van der Waals surface area (Å²) in [6.07, 6.45) is 5.32. The van der Waals surface area contributed by atoms with Crippen molar-refractivity contribution in [3.8, 4) is 0 Å². The number of hydrogen-bond acceptors (Lipinski definition) is 5. The lowest BCUT2D eigenvalue weighted by molar-refractivity contribution is -0.128. The van der Waals surface area contributed by atoms with Crippen molar-refractivity contribution >= 4 is 40.2 Å². The van der Waals surface area contributed by atoms with Crippen molar-refractivity contribution in [2.24, 2.45) is 5.92 Å². The summed E-state index contributed by atoms with van der Waals surface area (Å²) in [6, 6.07) is 5.13. The van der Waals surface area contributed by atoms with E-state index in [4.69, 9.17) is 21.3 Å². The molecular formula is C22H28ClN3O3S. The zero-order chi connectivity index (χ0) is 21.1. The van der Waals surface area contributed by atoms with E-state index in [0.29, 0.717) is 33.5 Å². The maximum atomic E-state index is 13.2. The van der Waals surface area contributed by atoms with Crippen molar-refractivity contribution in [1.29, 1.82) is 0 Å². The Bertz CT molecular complexity index is 970. The largest absolute Gasteiger partial charge is 0.376 e. The van der Waals surface area contributed by atoms with Gasteiger partial charge in [0.15, 0.2) is 5.16 Å². The number of aromatic nitrogens is 2. The second-order valence-electron chi connectivity index (χ2n) is 8.18. The number of carbonyl (C=O) groups excluding carboxylic acids is 1. The highest BCUT2D eigenvalue weighted by Crippen LogP contribution is 2.30. The van der Waals surface area contributed by atoms with E-state index in [1.165, 1.54) is 24.6 Å². The lowest BCUT2D eigenvalue weighted by atomic mass is 10.2.